The van der Waals surface area contributed by atoms with Crippen molar-refractivity contribution in [2.45, 2.75) is 25.7 Å². The van der Waals surface area contributed by atoms with Crippen molar-refractivity contribution in [1.82, 2.24) is 10.2 Å². The molecule has 0 unspecified atom stereocenters. The monoisotopic (exact) mass is 461 g/mol. The predicted octanol–water partition coefficient (Wildman–Crippen LogP) is 3.18. The van der Waals surface area contributed by atoms with Crippen LogP contribution >= 0.6 is 24.0 Å². The average Bonchev–Trinajstić information content (AvgIpc) is 3.43. The van der Waals surface area contributed by atoms with Crippen molar-refractivity contribution >= 4 is 29.9 Å². The molecule has 1 aromatic carbocycles. The summed E-state index contributed by atoms with van der Waals surface area (Å²) < 4.78 is 11.0. The van der Waals surface area contributed by atoms with Crippen LogP contribution in [0, 0.1) is 5.92 Å². The Hall–Kier alpha value is -1.02. The molecule has 0 saturated heterocycles. The molecule has 0 atom stereocenters. The lowest BCUT2D eigenvalue weighted by Gasteiger charge is -2.22. The standard InChI is InChI=1S/C19H31N3O2.HI/c1-20-19(22(2)12-13-24-15-17-9-10-17)21-11-5-7-16-6-4-8-18(14-16)23-3;/h4,6,8,14,17H,5,7,9-13,15H2,1-3H3,(H,20,21);1H. The molecule has 0 heterocycles. The first-order valence-electron chi connectivity index (χ1n) is 8.85. The summed E-state index contributed by atoms with van der Waals surface area (Å²) in [7, 11) is 5.58. The molecule has 1 aromatic rings. The highest BCUT2D eigenvalue weighted by Crippen LogP contribution is 2.28. The largest absolute Gasteiger partial charge is 0.497 e. The van der Waals surface area contributed by atoms with E-state index in [0.717, 1.165) is 56.8 Å². The van der Waals surface area contributed by atoms with E-state index in [1.807, 2.05) is 19.2 Å². The van der Waals surface area contributed by atoms with E-state index in [4.69, 9.17) is 9.47 Å². The zero-order chi connectivity index (χ0) is 17.2. The number of methoxy groups -OCH3 is 1. The van der Waals surface area contributed by atoms with E-state index in [-0.39, 0.29) is 24.0 Å². The Balaban J connectivity index is 0.00000312. The van der Waals surface area contributed by atoms with Crippen LogP contribution in [-0.2, 0) is 11.2 Å². The van der Waals surface area contributed by atoms with Crippen LogP contribution in [0.1, 0.15) is 24.8 Å². The van der Waals surface area contributed by atoms with Crippen molar-refractivity contribution in [3.63, 3.8) is 0 Å². The van der Waals surface area contributed by atoms with Crippen LogP contribution < -0.4 is 10.1 Å². The number of aryl methyl sites for hydroxylation is 1. The normalized spacial score (nSPS) is 14.0. The molecule has 1 saturated carbocycles. The maximum absolute atomic E-state index is 5.69. The zero-order valence-electron chi connectivity index (χ0n) is 15.7. The van der Waals surface area contributed by atoms with Gasteiger partial charge in [-0.25, -0.2) is 0 Å². The van der Waals surface area contributed by atoms with Crippen LogP contribution in [0.3, 0.4) is 0 Å². The average molecular weight is 461 g/mol. The molecule has 1 fully saturated rings. The minimum Gasteiger partial charge on any atom is -0.497 e. The van der Waals surface area contributed by atoms with Crippen molar-refractivity contribution in [3.8, 4) is 5.75 Å². The molecule has 0 amide bonds. The summed E-state index contributed by atoms with van der Waals surface area (Å²) in [6.07, 6.45) is 4.76. The van der Waals surface area contributed by atoms with E-state index in [1.165, 1.54) is 18.4 Å². The number of benzene rings is 1. The van der Waals surface area contributed by atoms with Gasteiger partial charge in [0.2, 0.25) is 0 Å². The third kappa shape index (κ3) is 8.76. The molecule has 0 radical (unpaired) electrons. The Morgan fingerprint density at radius 3 is 2.84 bits per heavy atom. The highest BCUT2D eigenvalue weighted by atomic mass is 127. The van der Waals surface area contributed by atoms with Gasteiger partial charge in [-0.15, -0.1) is 24.0 Å². The van der Waals surface area contributed by atoms with Gasteiger partial charge in [0.25, 0.3) is 0 Å². The molecular weight excluding hydrogens is 429 g/mol. The van der Waals surface area contributed by atoms with Crippen molar-refractivity contribution in [3.05, 3.63) is 29.8 Å². The number of aliphatic imine (C=N–C) groups is 1. The number of likely N-dealkylation sites (N-methyl/N-ethyl adjacent to an activating group) is 1. The van der Waals surface area contributed by atoms with Crippen molar-refractivity contribution in [2.24, 2.45) is 10.9 Å². The van der Waals surface area contributed by atoms with Gasteiger partial charge in [0.15, 0.2) is 5.96 Å². The molecule has 0 spiro atoms. The number of hydrogen-bond acceptors (Lipinski definition) is 3. The third-order valence-corrected chi connectivity index (χ3v) is 4.25. The maximum atomic E-state index is 5.69. The fourth-order valence-electron chi connectivity index (χ4n) is 2.55. The minimum absolute atomic E-state index is 0. The highest BCUT2D eigenvalue weighted by Gasteiger charge is 2.21. The zero-order valence-corrected chi connectivity index (χ0v) is 18.0. The van der Waals surface area contributed by atoms with Gasteiger partial charge in [0.05, 0.1) is 13.7 Å². The van der Waals surface area contributed by atoms with E-state index < -0.39 is 0 Å². The summed E-state index contributed by atoms with van der Waals surface area (Å²) in [4.78, 5) is 6.47. The Morgan fingerprint density at radius 2 is 2.16 bits per heavy atom. The van der Waals surface area contributed by atoms with Gasteiger partial charge in [0.1, 0.15) is 5.75 Å². The van der Waals surface area contributed by atoms with Gasteiger partial charge in [-0.2, -0.15) is 0 Å². The summed E-state index contributed by atoms with van der Waals surface area (Å²) in [5.74, 6) is 2.67. The molecule has 142 valence electrons. The minimum atomic E-state index is 0. The smallest absolute Gasteiger partial charge is 0.193 e. The van der Waals surface area contributed by atoms with Gasteiger partial charge < -0.3 is 19.7 Å². The number of nitrogens with zero attached hydrogens (tertiary/aromatic N) is 2. The highest BCUT2D eigenvalue weighted by molar-refractivity contribution is 14.0. The second kappa shape index (κ2) is 12.4. The third-order valence-electron chi connectivity index (χ3n) is 4.25. The van der Waals surface area contributed by atoms with E-state index in [0.29, 0.717) is 0 Å². The van der Waals surface area contributed by atoms with Gasteiger partial charge in [0, 0.05) is 33.8 Å². The lowest BCUT2D eigenvalue weighted by Crippen LogP contribution is -2.41. The molecule has 0 bridgehead atoms. The lowest BCUT2D eigenvalue weighted by molar-refractivity contribution is 0.115. The number of rotatable bonds is 10. The number of hydrogen-bond donors (Lipinski definition) is 1. The van der Waals surface area contributed by atoms with E-state index in [1.54, 1.807) is 7.11 Å². The quantitative estimate of drug-likeness (QED) is 0.252. The fourth-order valence-corrected chi connectivity index (χ4v) is 2.55. The van der Waals surface area contributed by atoms with Crippen LogP contribution in [-0.4, -0.2) is 58.4 Å². The lowest BCUT2D eigenvalue weighted by atomic mass is 10.1. The first-order valence-corrected chi connectivity index (χ1v) is 8.85. The first kappa shape index (κ1) is 22.0. The van der Waals surface area contributed by atoms with Gasteiger partial charge in [-0.1, -0.05) is 12.1 Å². The van der Waals surface area contributed by atoms with Crippen LogP contribution in [0.4, 0.5) is 0 Å². The molecule has 2 rings (SSSR count). The number of nitrogens with one attached hydrogen (secondary N) is 1. The van der Waals surface area contributed by atoms with Crippen LogP contribution in [0.5, 0.6) is 5.75 Å². The molecule has 1 aliphatic rings. The van der Waals surface area contributed by atoms with E-state index >= 15 is 0 Å². The van der Waals surface area contributed by atoms with Crippen LogP contribution in [0.15, 0.2) is 29.3 Å². The summed E-state index contributed by atoms with van der Waals surface area (Å²) in [6, 6.07) is 8.25. The Bertz CT molecular complexity index is 521. The molecule has 25 heavy (non-hydrogen) atoms. The molecule has 5 nitrogen and oxygen atoms in total. The number of ether oxygens (including phenoxy) is 2. The topological polar surface area (TPSA) is 46.1 Å². The van der Waals surface area contributed by atoms with Crippen molar-refractivity contribution in [2.75, 3.05) is 47.5 Å². The van der Waals surface area contributed by atoms with E-state index in [9.17, 15) is 0 Å². The maximum Gasteiger partial charge on any atom is 0.193 e. The molecule has 1 aliphatic carbocycles. The molecule has 0 aromatic heterocycles. The molecule has 0 aliphatic heterocycles. The summed E-state index contributed by atoms with van der Waals surface area (Å²) in [5, 5.41) is 3.42. The summed E-state index contributed by atoms with van der Waals surface area (Å²) in [6.45, 7) is 3.44. The number of halogens is 1. The van der Waals surface area contributed by atoms with Gasteiger partial charge in [-0.05, 0) is 49.3 Å². The molecule has 1 N–H and O–H groups in total. The van der Waals surface area contributed by atoms with E-state index in [2.05, 4.69) is 34.4 Å². The Labute approximate surface area is 169 Å². The Morgan fingerprint density at radius 1 is 1.36 bits per heavy atom. The molecular formula is C19H32IN3O2. The first-order chi connectivity index (χ1) is 11.7. The molecule has 6 heteroatoms. The van der Waals surface area contributed by atoms with Crippen LogP contribution in [0.25, 0.3) is 0 Å². The van der Waals surface area contributed by atoms with Gasteiger partial charge in [-0.3, -0.25) is 4.99 Å². The van der Waals surface area contributed by atoms with Gasteiger partial charge >= 0.3 is 0 Å². The second-order valence-electron chi connectivity index (χ2n) is 6.37. The SMILES string of the molecule is CN=C(NCCCc1cccc(OC)c1)N(C)CCOCC1CC1.I. The van der Waals surface area contributed by atoms with Crippen molar-refractivity contribution < 1.29 is 9.47 Å². The summed E-state index contributed by atoms with van der Waals surface area (Å²) in [5.41, 5.74) is 1.30. The summed E-state index contributed by atoms with van der Waals surface area (Å²) >= 11 is 0. The fraction of sp³-hybridized carbons (Fsp3) is 0.632. The second-order valence-corrected chi connectivity index (χ2v) is 6.37. The van der Waals surface area contributed by atoms with Crippen LogP contribution in [0.2, 0.25) is 0 Å². The van der Waals surface area contributed by atoms with Crippen molar-refractivity contribution in [1.29, 1.82) is 0 Å². The predicted molar refractivity (Wildman–Crippen MR) is 114 cm³/mol. The Kier molecular flexibility index (Phi) is 10.9. The number of guanidine groups is 1.